The number of hydrogen-bond donors (Lipinski definition) is 3. The molecular formula is C29H27N7OS. The van der Waals surface area contributed by atoms with Crippen molar-refractivity contribution in [2.24, 2.45) is 5.92 Å². The Morgan fingerprint density at radius 2 is 1.76 bits per heavy atom. The maximum absolute atomic E-state index is 13.5. The van der Waals surface area contributed by atoms with Gasteiger partial charge in [0.05, 0.1) is 5.69 Å². The third kappa shape index (κ3) is 5.39. The van der Waals surface area contributed by atoms with Gasteiger partial charge >= 0.3 is 0 Å². The zero-order valence-electron chi connectivity index (χ0n) is 20.7. The van der Waals surface area contributed by atoms with E-state index >= 15 is 0 Å². The van der Waals surface area contributed by atoms with Crippen LogP contribution < -0.4 is 16.0 Å². The Labute approximate surface area is 224 Å². The highest BCUT2D eigenvalue weighted by Crippen LogP contribution is 2.34. The van der Waals surface area contributed by atoms with Crippen LogP contribution in [-0.4, -0.2) is 45.5 Å². The molecule has 190 valence electrons. The number of piperidine rings is 1. The number of benzene rings is 2. The lowest BCUT2D eigenvalue weighted by Crippen LogP contribution is -2.31. The maximum Gasteiger partial charge on any atom is 0.274 e. The number of fused-ring (bicyclic) bond motifs is 1. The van der Waals surface area contributed by atoms with Crippen molar-refractivity contribution in [1.29, 1.82) is 0 Å². The van der Waals surface area contributed by atoms with Crippen molar-refractivity contribution in [2.45, 2.75) is 12.8 Å². The topological polar surface area (TPSA) is 105 Å². The first-order chi connectivity index (χ1) is 18.7. The van der Waals surface area contributed by atoms with Gasteiger partial charge in [0.15, 0.2) is 5.82 Å². The second kappa shape index (κ2) is 11.0. The summed E-state index contributed by atoms with van der Waals surface area (Å²) in [7, 11) is 0. The van der Waals surface area contributed by atoms with Crippen molar-refractivity contribution >= 4 is 39.1 Å². The van der Waals surface area contributed by atoms with E-state index in [0.717, 1.165) is 59.0 Å². The SMILES string of the molecule is O=C(Nc1ccccc1-c1nc2cccnc2s1)c1cc(NCC2CCNCC2)nc(-c2ccccc2)n1. The lowest BCUT2D eigenvalue weighted by molar-refractivity contribution is 0.102. The van der Waals surface area contributed by atoms with Crippen LogP contribution in [0.3, 0.4) is 0 Å². The van der Waals surface area contributed by atoms with Gasteiger partial charge < -0.3 is 16.0 Å². The van der Waals surface area contributed by atoms with Gasteiger partial charge in [0.1, 0.15) is 26.9 Å². The van der Waals surface area contributed by atoms with Crippen LogP contribution in [0.5, 0.6) is 0 Å². The molecule has 1 fully saturated rings. The van der Waals surface area contributed by atoms with Crippen LogP contribution in [0.2, 0.25) is 0 Å². The summed E-state index contributed by atoms with van der Waals surface area (Å²) >= 11 is 1.50. The summed E-state index contributed by atoms with van der Waals surface area (Å²) in [5.41, 5.74) is 3.49. The number of anilines is 2. The number of para-hydroxylation sites is 1. The molecule has 0 aliphatic carbocycles. The van der Waals surface area contributed by atoms with Crippen molar-refractivity contribution < 1.29 is 4.79 Å². The first kappa shape index (κ1) is 24.1. The number of thiazole rings is 1. The predicted octanol–water partition coefficient (Wildman–Crippen LogP) is 5.48. The molecule has 1 aliphatic rings. The number of nitrogens with zero attached hydrogens (tertiary/aromatic N) is 4. The average Bonchev–Trinajstić information content (AvgIpc) is 3.41. The van der Waals surface area contributed by atoms with E-state index in [1.54, 1.807) is 12.3 Å². The summed E-state index contributed by atoms with van der Waals surface area (Å²) in [6.45, 7) is 2.87. The normalized spacial score (nSPS) is 13.9. The van der Waals surface area contributed by atoms with Crippen molar-refractivity contribution in [3.8, 4) is 22.0 Å². The first-order valence-electron chi connectivity index (χ1n) is 12.7. The lowest BCUT2D eigenvalue weighted by Gasteiger charge is -2.23. The molecule has 9 heteroatoms. The Kier molecular flexibility index (Phi) is 7.01. The van der Waals surface area contributed by atoms with Crippen molar-refractivity contribution in [3.63, 3.8) is 0 Å². The van der Waals surface area contributed by atoms with Crippen LogP contribution in [0.1, 0.15) is 23.3 Å². The van der Waals surface area contributed by atoms with Gasteiger partial charge in [-0.3, -0.25) is 4.79 Å². The van der Waals surface area contributed by atoms with Crippen LogP contribution in [0.15, 0.2) is 79.0 Å². The molecule has 5 aromatic rings. The molecule has 2 aromatic carbocycles. The minimum absolute atomic E-state index is 0.299. The minimum Gasteiger partial charge on any atom is -0.370 e. The number of nitrogens with one attached hydrogen (secondary N) is 3. The number of hydrogen-bond acceptors (Lipinski definition) is 8. The molecule has 6 rings (SSSR count). The lowest BCUT2D eigenvalue weighted by atomic mass is 9.98. The number of amides is 1. The van der Waals surface area contributed by atoms with E-state index in [4.69, 9.17) is 9.97 Å². The summed E-state index contributed by atoms with van der Waals surface area (Å²) in [6, 6.07) is 22.9. The molecule has 0 unspecified atom stereocenters. The van der Waals surface area contributed by atoms with Crippen LogP contribution >= 0.6 is 11.3 Å². The first-order valence-corrected chi connectivity index (χ1v) is 13.6. The van der Waals surface area contributed by atoms with Crippen LogP contribution in [-0.2, 0) is 0 Å². The standard InChI is InChI=1S/C29H27N7OS/c37-27(34-22-10-5-4-9-21(22)28-35-23-11-6-14-31-29(23)38-28)24-17-25(32-18-19-12-15-30-16-13-19)36-26(33-24)20-7-2-1-3-8-20/h1-11,14,17,19,30H,12-13,15-16,18H2,(H,34,37)(H,32,33,36). The Bertz CT molecular complexity index is 1530. The fourth-order valence-corrected chi connectivity index (χ4v) is 5.50. The van der Waals surface area contributed by atoms with Gasteiger partial charge in [-0.15, -0.1) is 0 Å². The van der Waals surface area contributed by atoms with E-state index in [9.17, 15) is 4.79 Å². The highest BCUT2D eigenvalue weighted by Gasteiger charge is 2.18. The largest absolute Gasteiger partial charge is 0.370 e. The molecule has 0 atom stereocenters. The number of carbonyl (C=O) groups is 1. The number of pyridine rings is 1. The zero-order chi connectivity index (χ0) is 25.7. The smallest absolute Gasteiger partial charge is 0.274 e. The molecule has 1 amide bonds. The Morgan fingerprint density at radius 3 is 2.61 bits per heavy atom. The maximum atomic E-state index is 13.5. The number of aromatic nitrogens is 4. The fourth-order valence-electron chi connectivity index (χ4n) is 4.56. The molecule has 1 aliphatic heterocycles. The van der Waals surface area contributed by atoms with Gasteiger partial charge in [0.2, 0.25) is 0 Å². The second-order valence-electron chi connectivity index (χ2n) is 9.25. The minimum atomic E-state index is -0.304. The molecule has 0 bridgehead atoms. The summed E-state index contributed by atoms with van der Waals surface area (Å²) in [5, 5.41) is 10.7. The van der Waals surface area contributed by atoms with Gasteiger partial charge in [-0.1, -0.05) is 53.8 Å². The number of rotatable bonds is 7. The molecule has 0 radical (unpaired) electrons. The summed E-state index contributed by atoms with van der Waals surface area (Å²) in [5.74, 6) is 1.42. The van der Waals surface area contributed by atoms with Crippen LogP contribution in [0.4, 0.5) is 11.5 Å². The van der Waals surface area contributed by atoms with Crippen molar-refractivity contribution in [1.82, 2.24) is 25.3 Å². The highest BCUT2D eigenvalue weighted by molar-refractivity contribution is 7.21. The fraction of sp³-hybridized carbons (Fsp3) is 0.207. The van der Waals surface area contributed by atoms with E-state index < -0.39 is 0 Å². The van der Waals surface area contributed by atoms with E-state index in [1.807, 2.05) is 66.7 Å². The summed E-state index contributed by atoms with van der Waals surface area (Å²) in [6.07, 6.45) is 4.00. The Morgan fingerprint density at radius 1 is 0.947 bits per heavy atom. The molecule has 0 spiro atoms. The van der Waals surface area contributed by atoms with E-state index in [1.165, 1.54) is 11.3 Å². The monoisotopic (exact) mass is 521 g/mol. The van der Waals surface area contributed by atoms with Gasteiger partial charge in [0, 0.05) is 29.9 Å². The molecule has 3 aromatic heterocycles. The van der Waals surface area contributed by atoms with E-state index in [2.05, 4.69) is 25.9 Å². The third-order valence-corrected chi connectivity index (χ3v) is 7.61. The predicted molar refractivity (Wildman–Crippen MR) is 152 cm³/mol. The van der Waals surface area contributed by atoms with Crippen molar-refractivity contribution in [2.75, 3.05) is 30.3 Å². The molecular weight excluding hydrogens is 494 g/mol. The van der Waals surface area contributed by atoms with Gasteiger partial charge in [0.25, 0.3) is 5.91 Å². The van der Waals surface area contributed by atoms with Crippen molar-refractivity contribution in [3.05, 3.63) is 84.7 Å². The molecule has 38 heavy (non-hydrogen) atoms. The zero-order valence-corrected chi connectivity index (χ0v) is 21.5. The summed E-state index contributed by atoms with van der Waals surface area (Å²) < 4.78 is 0. The molecule has 3 N–H and O–H groups in total. The number of carbonyl (C=O) groups excluding carboxylic acids is 1. The highest BCUT2D eigenvalue weighted by atomic mass is 32.1. The van der Waals surface area contributed by atoms with Crippen LogP contribution in [0, 0.1) is 5.92 Å². The molecule has 4 heterocycles. The van der Waals surface area contributed by atoms with E-state index in [-0.39, 0.29) is 5.91 Å². The molecule has 0 saturated carbocycles. The quantitative estimate of drug-likeness (QED) is 0.260. The van der Waals surface area contributed by atoms with Gasteiger partial charge in [-0.2, -0.15) is 0 Å². The molecule has 1 saturated heterocycles. The van der Waals surface area contributed by atoms with Crippen LogP contribution in [0.25, 0.3) is 32.3 Å². The Balaban J connectivity index is 1.29. The third-order valence-electron chi connectivity index (χ3n) is 6.59. The van der Waals surface area contributed by atoms with Gasteiger partial charge in [-0.25, -0.2) is 19.9 Å². The summed E-state index contributed by atoms with van der Waals surface area (Å²) in [4.78, 5) is 32.9. The molecule has 8 nitrogen and oxygen atoms in total. The Hall–Kier alpha value is -4.21. The van der Waals surface area contributed by atoms with Gasteiger partial charge in [-0.05, 0) is 56.1 Å². The van der Waals surface area contributed by atoms with E-state index in [0.29, 0.717) is 28.9 Å². The second-order valence-corrected chi connectivity index (χ2v) is 10.2. The average molecular weight is 522 g/mol.